The van der Waals surface area contributed by atoms with Gasteiger partial charge >= 0.3 is 11.9 Å². The fourth-order valence-electron chi connectivity index (χ4n) is 2.64. The van der Waals surface area contributed by atoms with E-state index in [0.717, 1.165) is 19.3 Å². The number of fused-ring (bicyclic) bond motifs is 1. The molecule has 3 N–H and O–H groups in total. The highest BCUT2D eigenvalue weighted by Gasteiger charge is 2.54. The van der Waals surface area contributed by atoms with Gasteiger partial charge in [-0.3, -0.25) is 15.0 Å². The van der Waals surface area contributed by atoms with Crippen LogP contribution in [0.4, 0.5) is 0 Å². The third kappa shape index (κ3) is 3.55. The van der Waals surface area contributed by atoms with E-state index in [1.165, 1.54) is 31.4 Å². The summed E-state index contributed by atoms with van der Waals surface area (Å²) in [6.07, 6.45) is 10.9. The van der Waals surface area contributed by atoms with Gasteiger partial charge in [-0.2, -0.15) is 5.10 Å². The Balaban J connectivity index is 1.92. The zero-order valence-corrected chi connectivity index (χ0v) is 13.3. The second-order valence-corrected chi connectivity index (χ2v) is 5.65. The number of nitrogens with zero attached hydrogens (tertiary/aromatic N) is 1. The van der Waals surface area contributed by atoms with E-state index in [0.29, 0.717) is 5.70 Å². The van der Waals surface area contributed by atoms with Gasteiger partial charge in [0.05, 0.1) is 12.3 Å². The number of nitrogens with one attached hydrogen (secondary N) is 2. The largest absolute Gasteiger partial charge is 0.480 e. The Morgan fingerprint density at radius 2 is 2.00 bits per heavy atom. The standard InChI is InChI=1S/C16H23N3O4/c1-2-3-4-5-6-7-11-23-15(22)16(14(20)21)10-8-9-12-13(16)18-19-17-12/h8-10,17,19H,2-7,11H2,1H3,(H,20,21). The van der Waals surface area contributed by atoms with Gasteiger partial charge in [-0.25, -0.2) is 5.53 Å². The minimum absolute atomic E-state index is 0.125. The summed E-state index contributed by atoms with van der Waals surface area (Å²) in [5.74, 6) is -2.10. The van der Waals surface area contributed by atoms with Gasteiger partial charge in [0, 0.05) is 0 Å². The van der Waals surface area contributed by atoms with E-state index >= 15 is 0 Å². The summed E-state index contributed by atoms with van der Waals surface area (Å²) < 4.78 is 5.23. The summed E-state index contributed by atoms with van der Waals surface area (Å²) in [6, 6.07) is 0. The Morgan fingerprint density at radius 1 is 1.26 bits per heavy atom. The molecule has 1 unspecified atom stereocenters. The van der Waals surface area contributed by atoms with Crippen LogP contribution in [-0.2, 0) is 14.3 Å². The fourth-order valence-corrected chi connectivity index (χ4v) is 2.64. The number of carbonyl (C=O) groups excluding carboxylic acids is 1. The lowest BCUT2D eigenvalue weighted by molar-refractivity contribution is -0.160. The van der Waals surface area contributed by atoms with Crippen molar-refractivity contribution in [2.24, 2.45) is 10.5 Å². The van der Waals surface area contributed by atoms with Crippen LogP contribution in [0.1, 0.15) is 45.4 Å². The SMILES string of the molecule is CCCCCCCCOC(=O)C1(C(=O)O)C=CC=C2NNN=C21. The van der Waals surface area contributed by atoms with Crippen LogP contribution < -0.4 is 11.0 Å². The number of carboxylic acid groups (broad SMARTS) is 1. The second kappa shape index (κ2) is 7.80. The first-order valence-corrected chi connectivity index (χ1v) is 8.02. The lowest BCUT2D eigenvalue weighted by Gasteiger charge is -2.25. The van der Waals surface area contributed by atoms with Gasteiger partial charge < -0.3 is 9.84 Å². The molecule has 2 aliphatic rings. The molecule has 1 aliphatic heterocycles. The molecule has 0 spiro atoms. The molecule has 0 fully saturated rings. The maximum atomic E-state index is 12.4. The third-order valence-electron chi connectivity index (χ3n) is 3.99. The van der Waals surface area contributed by atoms with Crippen LogP contribution in [0.25, 0.3) is 0 Å². The van der Waals surface area contributed by atoms with Crippen LogP contribution in [0.15, 0.2) is 29.0 Å². The minimum atomic E-state index is -1.89. The Morgan fingerprint density at radius 3 is 2.74 bits per heavy atom. The number of hydrogen-bond donors (Lipinski definition) is 3. The van der Waals surface area contributed by atoms with Crippen molar-refractivity contribution in [1.29, 1.82) is 0 Å². The van der Waals surface area contributed by atoms with E-state index in [1.54, 1.807) is 6.08 Å². The molecule has 0 aromatic carbocycles. The molecule has 0 saturated heterocycles. The Hall–Kier alpha value is -2.31. The van der Waals surface area contributed by atoms with E-state index < -0.39 is 17.4 Å². The van der Waals surface area contributed by atoms with Crippen molar-refractivity contribution < 1.29 is 19.4 Å². The lowest BCUT2D eigenvalue weighted by atomic mass is 9.78. The van der Waals surface area contributed by atoms with Crippen molar-refractivity contribution in [2.45, 2.75) is 45.4 Å². The molecular formula is C16H23N3O4. The quantitative estimate of drug-likeness (QED) is 0.341. The van der Waals surface area contributed by atoms with Gasteiger partial charge in [0.25, 0.3) is 0 Å². The predicted octanol–water partition coefficient (Wildman–Crippen LogP) is 1.88. The number of esters is 1. The first-order valence-electron chi connectivity index (χ1n) is 8.02. The van der Waals surface area contributed by atoms with Crippen LogP contribution in [0.3, 0.4) is 0 Å². The van der Waals surface area contributed by atoms with Crippen molar-refractivity contribution in [1.82, 2.24) is 11.0 Å². The highest BCUT2D eigenvalue weighted by molar-refractivity contribution is 6.29. The zero-order chi connectivity index (χ0) is 16.7. The molecule has 0 saturated carbocycles. The number of aliphatic carboxylic acids is 1. The molecule has 2 rings (SSSR count). The number of rotatable bonds is 9. The predicted molar refractivity (Wildman–Crippen MR) is 85.3 cm³/mol. The maximum Gasteiger partial charge on any atom is 0.333 e. The van der Waals surface area contributed by atoms with Gasteiger partial charge in [0.1, 0.15) is 5.71 Å². The molecule has 1 aliphatic carbocycles. The normalized spacial score (nSPS) is 21.6. The number of hydrogen-bond acceptors (Lipinski definition) is 6. The number of carbonyl (C=O) groups is 2. The van der Waals surface area contributed by atoms with Gasteiger partial charge in [0.2, 0.25) is 5.41 Å². The van der Waals surface area contributed by atoms with Crippen molar-refractivity contribution in [3.05, 3.63) is 23.9 Å². The van der Waals surface area contributed by atoms with Crippen LogP contribution in [-0.4, -0.2) is 29.4 Å². The average Bonchev–Trinajstić information content (AvgIpc) is 3.02. The number of unbranched alkanes of at least 4 members (excludes halogenated alkanes) is 5. The second-order valence-electron chi connectivity index (χ2n) is 5.65. The Labute approximate surface area is 135 Å². The van der Waals surface area contributed by atoms with Crippen LogP contribution in [0.5, 0.6) is 0 Å². The van der Waals surface area contributed by atoms with Gasteiger partial charge in [-0.1, -0.05) is 45.1 Å². The number of allylic oxidation sites excluding steroid dienone is 3. The molecule has 1 atom stereocenters. The molecule has 0 aromatic rings. The van der Waals surface area contributed by atoms with Crippen molar-refractivity contribution >= 4 is 17.7 Å². The highest BCUT2D eigenvalue weighted by Crippen LogP contribution is 2.32. The summed E-state index contributed by atoms with van der Waals surface area (Å²) in [7, 11) is 0. The molecule has 7 heteroatoms. The fraction of sp³-hybridized carbons (Fsp3) is 0.562. The zero-order valence-electron chi connectivity index (χ0n) is 13.3. The smallest absolute Gasteiger partial charge is 0.333 e. The van der Waals surface area contributed by atoms with E-state index in [-0.39, 0.29) is 12.3 Å². The highest BCUT2D eigenvalue weighted by atomic mass is 16.5. The average molecular weight is 321 g/mol. The van der Waals surface area contributed by atoms with Crippen molar-refractivity contribution in [2.75, 3.05) is 6.61 Å². The summed E-state index contributed by atoms with van der Waals surface area (Å²) in [6.45, 7) is 2.38. The molecule has 0 amide bonds. The summed E-state index contributed by atoms with van der Waals surface area (Å²) >= 11 is 0. The first kappa shape index (κ1) is 17.1. The molecule has 126 valence electrons. The summed E-state index contributed by atoms with van der Waals surface area (Å²) in [5.41, 5.74) is 3.89. The van der Waals surface area contributed by atoms with Crippen LogP contribution in [0.2, 0.25) is 0 Å². The van der Waals surface area contributed by atoms with E-state index in [1.807, 2.05) is 0 Å². The number of carboxylic acids is 1. The molecule has 7 nitrogen and oxygen atoms in total. The Kier molecular flexibility index (Phi) is 5.78. The summed E-state index contributed by atoms with van der Waals surface area (Å²) in [5, 5.41) is 13.5. The maximum absolute atomic E-state index is 12.4. The van der Waals surface area contributed by atoms with Crippen molar-refractivity contribution in [3.8, 4) is 0 Å². The number of hydrazine groups is 1. The van der Waals surface area contributed by atoms with Crippen LogP contribution >= 0.6 is 0 Å². The number of hydrazone groups is 1. The van der Waals surface area contributed by atoms with Gasteiger partial charge in [-0.15, -0.1) is 0 Å². The van der Waals surface area contributed by atoms with E-state index in [9.17, 15) is 14.7 Å². The number of ether oxygens (including phenoxy) is 1. The van der Waals surface area contributed by atoms with E-state index in [4.69, 9.17) is 4.74 Å². The summed E-state index contributed by atoms with van der Waals surface area (Å²) in [4.78, 5) is 24.2. The molecule has 0 aromatic heterocycles. The monoisotopic (exact) mass is 321 g/mol. The minimum Gasteiger partial charge on any atom is -0.480 e. The molecule has 0 bridgehead atoms. The molecule has 23 heavy (non-hydrogen) atoms. The van der Waals surface area contributed by atoms with Gasteiger partial charge in [-0.05, 0) is 18.6 Å². The van der Waals surface area contributed by atoms with E-state index in [2.05, 4.69) is 23.0 Å². The Bertz CT molecular complexity index is 554. The topological polar surface area (TPSA) is 100 Å². The molecule has 0 radical (unpaired) electrons. The van der Waals surface area contributed by atoms with Crippen molar-refractivity contribution in [3.63, 3.8) is 0 Å². The lowest BCUT2D eigenvalue weighted by Crippen LogP contribution is -2.47. The third-order valence-corrected chi connectivity index (χ3v) is 3.99. The van der Waals surface area contributed by atoms with Crippen LogP contribution in [0, 0.1) is 5.41 Å². The first-order chi connectivity index (χ1) is 11.1. The van der Waals surface area contributed by atoms with Gasteiger partial charge in [0.15, 0.2) is 0 Å². The molecular weight excluding hydrogens is 298 g/mol. The molecule has 1 heterocycles.